The van der Waals surface area contributed by atoms with Gasteiger partial charge in [0.15, 0.2) is 0 Å². The van der Waals surface area contributed by atoms with Gasteiger partial charge in [0, 0.05) is 13.1 Å². The molecular weight excluding hydrogens is 220 g/mol. The van der Waals surface area contributed by atoms with Crippen LogP contribution in [0.25, 0.3) is 0 Å². The number of amides is 1. The van der Waals surface area contributed by atoms with Crippen LogP contribution in [0.5, 0.6) is 0 Å². The van der Waals surface area contributed by atoms with E-state index in [2.05, 4.69) is 20.3 Å². The van der Waals surface area contributed by atoms with Crippen molar-refractivity contribution in [3.63, 3.8) is 0 Å². The van der Waals surface area contributed by atoms with Crippen molar-refractivity contribution in [2.45, 2.75) is 19.8 Å². The minimum absolute atomic E-state index is 0.0686. The van der Waals surface area contributed by atoms with E-state index in [1.165, 1.54) is 0 Å². The zero-order chi connectivity index (χ0) is 12.3. The third-order valence-corrected chi connectivity index (χ3v) is 2.62. The molecule has 0 unspecified atom stereocenters. The summed E-state index contributed by atoms with van der Waals surface area (Å²) in [5.74, 6) is 1.11. The van der Waals surface area contributed by atoms with Gasteiger partial charge in [0.05, 0.1) is 6.54 Å². The number of carbonyl (C=O) groups excluding carboxylic acids is 1. The number of carbonyl (C=O) groups is 1. The second-order valence-electron chi connectivity index (χ2n) is 4.01. The van der Waals surface area contributed by atoms with Crippen LogP contribution in [0.15, 0.2) is 0 Å². The zero-order valence-corrected chi connectivity index (χ0v) is 9.81. The number of hydrogen-bond donors (Lipinski definition) is 2. The molecule has 2 heterocycles. The fourth-order valence-electron chi connectivity index (χ4n) is 1.81. The summed E-state index contributed by atoms with van der Waals surface area (Å²) >= 11 is 0. The number of aromatic nitrogens is 3. The van der Waals surface area contributed by atoms with Gasteiger partial charge in [-0.2, -0.15) is 15.0 Å². The van der Waals surface area contributed by atoms with Crippen molar-refractivity contribution >= 4 is 17.8 Å². The van der Waals surface area contributed by atoms with Gasteiger partial charge in [-0.05, 0) is 19.8 Å². The number of nitrogens with two attached hydrogens (primary N) is 1. The first-order valence-corrected chi connectivity index (χ1v) is 5.65. The maximum Gasteiger partial charge on any atom is 0.241 e. The smallest absolute Gasteiger partial charge is 0.241 e. The SMILES string of the molecule is Cc1nc(N)nc(NCC(=O)N2CCCC2)n1. The Morgan fingerprint density at radius 1 is 1.35 bits per heavy atom. The molecular formula is C10H16N6O. The molecule has 1 aromatic heterocycles. The number of aryl methyl sites for hydroxylation is 1. The molecule has 1 saturated heterocycles. The van der Waals surface area contributed by atoms with Gasteiger partial charge in [-0.1, -0.05) is 0 Å². The predicted octanol–water partition coefficient (Wildman–Crippen LogP) is -0.203. The highest BCUT2D eigenvalue weighted by Crippen LogP contribution is 2.08. The van der Waals surface area contributed by atoms with Crippen molar-refractivity contribution in [2.24, 2.45) is 0 Å². The highest BCUT2D eigenvalue weighted by atomic mass is 16.2. The number of nitrogens with zero attached hydrogens (tertiary/aromatic N) is 4. The molecule has 1 fully saturated rings. The fraction of sp³-hybridized carbons (Fsp3) is 0.600. The quantitative estimate of drug-likeness (QED) is 0.754. The molecule has 0 radical (unpaired) electrons. The molecule has 0 aliphatic carbocycles. The van der Waals surface area contributed by atoms with Crippen LogP contribution in [-0.2, 0) is 4.79 Å². The second-order valence-corrected chi connectivity index (χ2v) is 4.01. The third kappa shape index (κ3) is 3.02. The van der Waals surface area contributed by atoms with Crippen LogP contribution >= 0.6 is 0 Å². The molecule has 1 amide bonds. The Morgan fingerprint density at radius 2 is 2.06 bits per heavy atom. The molecule has 0 saturated carbocycles. The van der Waals surface area contributed by atoms with Crippen molar-refractivity contribution in [1.82, 2.24) is 19.9 Å². The van der Waals surface area contributed by atoms with Crippen molar-refractivity contribution < 1.29 is 4.79 Å². The van der Waals surface area contributed by atoms with E-state index in [0.717, 1.165) is 25.9 Å². The lowest BCUT2D eigenvalue weighted by atomic mass is 10.4. The van der Waals surface area contributed by atoms with Gasteiger partial charge in [0.2, 0.25) is 17.8 Å². The summed E-state index contributed by atoms with van der Waals surface area (Å²) < 4.78 is 0. The molecule has 7 nitrogen and oxygen atoms in total. The summed E-state index contributed by atoms with van der Waals surface area (Å²) in [6.07, 6.45) is 2.17. The Morgan fingerprint density at radius 3 is 2.71 bits per heavy atom. The topological polar surface area (TPSA) is 97.0 Å². The Hall–Kier alpha value is -1.92. The molecule has 3 N–H and O–H groups in total. The fourth-order valence-corrected chi connectivity index (χ4v) is 1.81. The Kier molecular flexibility index (Phi) is 3.36. The summed E-state index contributed by atoms with van der Waals surface area (Å²) in [7, 11) is 0. The second kappa shape index (κ2) is 4.94. The molecule has 17 heavy (non-hydrogen) atoms. The average molecular weight is 236 g/mol. The summed E-state index contributed by atoms with van der Waals surface area (Å²) in [6, 6.07) is 0. The molecule has 7 heteroatoms. The number of anilines is 2. The molecule has 1 aliphatic heterocycles. The lowest BCUT2D eigenvalue weighted by Crippen LogP contribution is -2.33. The highest BCUT2D eigenvalue weighted by Gasteiger charge is 2.17. The number of nitrogen functional groups attached to an aromatic ring is 1. The van der Waals surface area contributed by atoms with E-state index in [4.69, 9.17) is 5.73 Å². The van der Waals surface area contributed by atoms with Crippen LogP contribution in [0.1, 0.15) is 18.7 Å². The van der Waals surface area contributed by atoms with E-state index in [1.807, 2.05) is 4.90 Å². The van der Waals surface area contributed by atoms with Gasteiger partial charge in [0.1, 0.15) is 5.82 Å². The van der Waals surface area contributed by atoms with Gasteiger partial charge in [-0.3, -0.25) is 4.79 Å². The largest absolute Gasteiger partial charge is 0.368 e. The van der Waals surface area contributed by atoms with Crippen LogP contribution in [0, 0.1) is 6.92 Å². The Balaban J connectivity index is 1.90. The Labute approximate surface area is 99.5 Å². The maximum atomic E-state index is 11.7. The first-order chi connectivity index (χ1) is 8.15. The Bertz CT molecular complexity index is 395. The monoisotopic (exact) mass is 236 g/mol. The molecule has 0 spiro atoms. The van der Waals surface area contributed by atoms with E-state index in [1.54, 1.807) is 6.92 Å². The van der Waals surface area contributed by atoms with Crippen molar-refractivity contribution in [1.29, 1.82) is 0 Å². The molecule has 0 aromatic carbocycles. The molecule has 1 aliphatic rings. The normalized spacial score (nSPS) is 15.0. The van der Waals surface area contributed by atoms with Crippen LogP contribution < -0.4 is 11.1 Å². The van der Waals surface area contributed by atoms with Crippen molar-refractivity contribution in [3.8, 4) is 0 Å². The van der Waals surface area contributed by atoms with Crippen LogP contribution in [0.2, 0.25) is 0 Å². The van der Waals surface area contributed by atoms with Crippen LogP contribution in [0.4, 0.5) is 11.9 Å². The summed E-state index contributed by atoms with van der Waals surface area (Å²) in [4.78, 5) is 25.4. The standard InChI is InChI=1S/C10H16N6O/c1-7-13-9(11)15-10(14-7)12-6-8(17)16-4-2-3-5-16/h2-6H2,1H3,(H3,11,12,13,14,15). The first-order valence-electron chi connectivity index (χ1n) is 5.65. The van der Waals surface area contributed by atoms with Crippen LogP contribution in [-0.4, -0.2) is 45.4 Å². The average Bonchev–Trinajstić information content (AvgIpc) is 2.78. The molecule has 92 valence electrons. The number of nitrogens with one attached hydrogen (secondary N) is 1. The molecule has 2 rings (SSSR count). The van der Waals surface area contributed by atoms with Gasteiger partial charge in [-0.25, -0.2) is 0 Å². The summed E-state index contributed by atoms with van der Waals surface area (Å²) in [5.41, 5.74) is 5.49. The number of hydrogen-bond acceptors (Lipinski definition) is 6. The van der Waals surface area contributed by atoms with E-state index in [0.29, 0.717) is 11.8 Å². The van der Waals surface area contributed by atoms with E-state index in [-0.39, 0.29) is 18.4 Å². The van der Waals surface area contributed by atoms with Gasteiger partial charge in [0.25, 0.3) is 0 Å². The summed E-state index contributed by atoms with van der Waals surface area (Å²) in [6.45, 7) is 3.62. The van der Waals surface area contributed by atoms with Crippen molar-refractivity contribution in [3.05, 3.63) is 5.82 Å². The number of rotatable bonds is 3. The van der Waals surface area contributed by atoms with Gasteiger partial charge < -0.3 is 16.0 Å². The van der Waals surface area contributed by atoms with Crippen molar-refractivity contribution in [2.75, 3.05) is 30.7 Å². The molecule has 0 atom stereocenters. The summed E-state index contributed by atoms with van der Waals surface area (Å²) in [5, 5.41) is 2.87. The van der Waals surface area contributed by atoms with Gasteiger partial charge in [-0.15, -0.1) is 0 Å². The van der Waals surface area contributed by atoms with Crippen LogP contribution in [0.3, 0.4) is 0 Å². The third-order valence-electron chi connectivity index (χ3n) is 2.62. The maximum absolute atomic E-state index is 11.7. The minimum Gasteiger partial charge on any atom is -0.368 e. The molecule has 1 aromatic rings. The van der Waals surface area contributed by atoms with E-state index >= 15 is 0 Å². The zero-order valence-electron chi connectivity index (χ0n) is 9.81. The molecule has 0 bridgehead atoms. The lowest BCUT2D eigenvalue weighted by Gasteiger charge is -2.15. The highest BCUT2D eigenvalue weighted by molar-refractivity contribution is 5.80. The first kappa shape index (κ1) is 11.6. The van der Waals surface area contributed by atoms with E-state index < -0.39 is 0 Å². The minimum atomic E-state index is 0.0686. The van der Waals surface area contributed by atoms with Gasteiger partial charge >= 0.3 is 0 Å². The lowest BCUT2D eigenvalue weighted by molar-refractivity contribution is -0.128. The predicted molar refractivity (Wildman–Crippen MR) is 63.3 cm³/mol. The van der Waals surface area contributed by atoms with E-state index in [9.17, 15) is 4.79 Å². The number of likely N-dealkylation sites (tertiary alicyclic amines) is 1.